The number of primary sulfonamides is 1. The number of nitrogens with two attached hydrogens (primary N) is 1. The average Bonchev–Trinajstić information content (AvgIpc) is 2.78. The molecular formula is C13H14BrFN2O5S. The third kappa shape index (κ3) is 4.06. The molecule has 1 aromatic rings. The lowest BCUT2D eigenvalue weighted by atomic mass is 10.1. The number of sulfonamides is 1. The Labute approximate surface area is 140 Å². The molecule has 0 spiro atoms. The van der Waals surface area contributed by atoms with E-state index < -0.39 is 33.6 Å². The summed E-state index contributed by atoms with van der Waals surface area (Å²) in [5.41, 5.74) is 0.0462. The normalized spacial score (nSPS) is 18.3. The Bertz CT molecular complexity index is 768. The summed E-state index contributed by atoms with van der Waals surface area (Å²) >= 11 is 2.97. The monoisotopic (exact) mass is 408 g/mol. The van der Waals surface area contributed by atoms with Crippen molar-refractivity contribution in [2.45, 2.75) is 6.42 Å². The van der Waals surface area contributed by atoms with Crippen LogP contribution in [0, 0.1) is 11.7 Å². The van der Waals surface area contributed by atoms with Crippen LogP contribution >= 0.6 is 15.9 Å². The van der Waals surface area contributed by atoms with Gasteiger partial charge in [-0.2, -0.15) is 0 Å². The SMILES string of the molecule is COC(=O)c1cc(Br)c(F)cc1N1CC(CS(N)(=O)=O)CC1=O. The second kappa shape index (κ2) is 6.54. The van der Waals surface area contributed by atoms with Crippen molar-refractivity contribution in [3.05, 3.63) is 28.0 Å². The number of anilines is 1. The van der Waals surface area contributed by atoms with Gasteiger partial charge in [0.05, 0.1) is 28.6 Å². The number of methoxy groups -OCH3 is 1. The van der Waals surface area contributed by atoms with Gasteiger partial charge in [0.1, 0.15) is 5.82 Å². The Kier molecular flexibility index (Phi) is 5.07. The zero-order valence-corrected chi connectivity index (χ0v) is 14.5. The maximum absolute atomic E-state index is 13.8. The first-order valence-electron chi connectivity index (χ1n) is 6.50. The fraction of sp³-hybridized carbons (Fsp3) is 0.385. The number of rotatable bonds is 4. The number of hydrogen-bond acceptors (Lipinski definition) is 5. The van der Waals surface area contributed by atoms with Crippen LogP contribution in [0.1, 0.15) is 16.8 Å². The van der Waals surface area contributed by atoms with Gasteiger partial charge in [0.15, 0.2) is 0 Å². The van der Waals surface area contributed by atoms with E-state index in [2.05, 4.69) is 20.7 Å². The molecule has 0 aromatic heterocycles. The lowest BCUT2D eigenvalue weighted by Crippen LogP contribution is -2.29. The highest BCUT2D eigenvalue weighted by Crippen LogP contribution is 2.32. The fourth-order valence-corrected chi connectivity index (χ4v) is 3.71. The van der Waals surface area contributed by atoms with Crippen LogP contribution in [0.5, 0.6) is 0 Å². The van der Waals surface area contributed by atoms with Crippen molar-refractivity contribution >= 4 is 43.5 Å². The maximum Gasteiger partial charge on any atom is 0.340 e. The highest BCUT2D eigenvalue weighted by atomic mass is 79.9. The Hall–Kier alpha value is -1.52. The minimum atomic E-state index is -3.73. The molecule has 2 N–H and O–H groups in total. The molecule has 1 aliphatic rings. The van der Waals surface area contributed by atoms with E-state index in [0.717, 1.165) is 6.07 Å². The quantitative estimate of drug-likeness (QED) is 0.748. The Balaban J connectivity index is 2.40. The number of esters is 1. The molecule has 0 bridgehead atoms. The average molecular weight is 409 g/mol. The number of benzene rings is 1. The molecule has 1 atom stereocenters. The van der Waals surface area contributed by atoms with Gasteiger partial charge in [-0.05, 0) is 28.1 Å². The molecule has 2 rings (SSSR count). The molecule has 1 aliphatic heterocycles. The molecule has 0 radical (unpaired) electrons. The van der Waals surface area contributed by atoms with Crippen molar-refractivity contribution in [2.75, 3.05) is 24.3 Å². The standard InChI is InChI=1S/C13H14BrFN2O5S/c1-22-13(19)8-3-9(14)10(15)4-11(8)17-5-7(2-12(17)18)6-23(16,20)21/h3-4,7H,2,5-6H2,1H3,(H2,16,20,21). The molecule has 0 aliphatic carbocycles. The number of ether oxygens (including phenoxy) is 1. The van der Waals surface area contributed by atoms with Crippen LogP contribution in [-0.2, 0) is 19.6 Å². The topological polar surface area (TPSA) is 107 Å². The van der Waals surface area contributed by atoms with E-state index in [4.69, 9.17) is 5.14 Å². The highest BCUT2D eigenvalue weighted by molar-refractivity contribution is 9.10. The minimum absolute atomic E-state index is 0.00498. The number of amides is 1. The number of carbonyl (C=O) groups is 2. The van der Waals surface area contributed by atoms with Crippen LogP contribution < -0.4 is 10.0 Å². The Morgan fingerprint density at radius 1 is 1.52 bits per heavy atom. The van der Waals surface area contributed by atoms with Crippen LogP contribution in [-0.4, -0.2) is 39.7 Å². The molecule has 1 amide bonds. The van der Waals surface area contributed by atoms with Crippen molar-refractivity contribution < 1.29 is 27.1 Å². The van der Waals surface area contributed by atoms with Gasteiger partial charge in [0.25, 0.3) is 0 Å². The number of halogens is 2. The predicted octanol–water partition coefficient (Wildman–Crippen LogP) is 1.02. The second-order valence-corrected chi connectivity index (χ2v) is 7.69. The summed E-state index contributed by atoms with van der Waals surface area (Å²) in [7, 11) is -2.57. The first-order valence-corrected chi connectivity index (χ1v) is 9.01. The van der Waals surface area contributed by atoms with E-state index in [-0.39, 0.29) is 34.4 Å². The molecule has 23 heavy (non-hydrogen) atoms. The maximum atomic E-state index is 13.8. The molecule has 1 fully saturated rings. The highest BCUT2D eigenvalue weighted by Gasteiger charge is 2.35. The van der Waals surface area contributed by atoms with Crippen LogP contribution in [0.2, 0.25) is 0 Å². The van der Waals surface area contributed by atoms with Crippen LogP contribution in [0.15, 0.2) is 16.6 Å². The third-order valence-electron chi connectivity index (χ3n) is 3.41. The third-order valence-corrected chi connectivity index (χ3v) is 4.95. The second-order valence-electron chi connectivity index (χ2n) is 5.18. The van der Waals surface area contributed by atoms with Crippen molar-refractivity contribution in [1.82, 2.24) is 0 Å². The summed E-state index contributed by atoms with van der Waals surface area (Å²) in [6, 6.07) is 2.25. The smallest absolute Gasteiger partial charge is 0.340 e. The van der Waals surface area contributed by atoms with Crippen LogP contribution in [0.25, 0.3) is 0 Å². The molecule has 7 nitrogen and oxygen atoms in total. The van der Waals surface area contributed by atoms with Crippen molar-refractivity contribution in [1.29, 1.82) is 0 Å². The summed E-state index contributed by atoms with van der Waals surface area (Å²) in [5, 5.41) is 4.99. The molecule has 1 heterocycles. The zero-order chi connectivity index (χ0) is 17.4. The first-order chi connectivity index (χ1) is 10.6. The molecule has 126 valence electrons. The van der Waals surface area contributed by atoms with Gasteiger partial charge in [0.2, 0.25) is 15.9 Å². The summed E-state index contributed by atoms with van der Waals surface area (Å²) < 4.78 is 40.8. The van der Waals surface area contributed by atoms with Gasteiger partial charge < -0.3 is 9.64 Å². The van der Waals surface area contributed by atoms with Crippen LogP contribution in [0.4, 0.5) is 10.1 Å². The van der Waals surface area contributed by atoms with E-state index in [0.29, 0.717) is 0 Å². The molecular weight excluding hydrogens is 395 g/mol. The number of nitrogens with zero attached hydrogens (tertiary/aromatic N) is 1. The number of hydrogen-bond donors (Lipinski definition) is 1. The summed E-state index contributed by atoms with van der Waals surface area (Å²) in [4.78, 5) is 25.2. The summed E-state index contributed by atoms with van der Waals surface area (Å²) in [6.45, 7) is 0.0281. The van der Waals surface area contributed by atoms with E-state index in [1.54, 1.807) is 0 Å². The zero-order valence-electron chi connectivity index (χ0n) is 12.1. The van der Waals surface area contributed by atoms with Crippen molar-refractivity contribution in [3.63, 3.8) is 0 Å². The van der Waals surface area contributed by atoms with Gasteiger partial charge >= 0.3 is 5.97 Å². The Morgan fingerprint density at radius 2 is 2.17 bits per heavy atom. The van der Waals surface area contributed by atoms with E-state index in [1.165, 1.54) is 18.1 Å². The van der Waals surface area contributed by atoms with Gasteiger partial charge in [-0.3, -0.25) is 4.79 Å². The predicted molar refractivity (Wildman–Crippen MR) is 83.9 cm³/mol. The molecule has 10 heteroatoms. The molecule has 1 unspecified atom stereocenters. The Morgan fingerprint density at radius 3 is 2.74 bits per heavy atom. The van der Waals surface area contributed by atoms with E-state index in [1.807, 2.05) is 0 Å². The fourth-order valence-electron chi connectivity index (χ4n) is 2.49. The lowest BCUT2D eigenvalue weighted by molar-refractivity contribution is -0.117. The molecule has 1 saturated heterocycles. The summed E-state index contributed by atoms with van der Waals surface area (Å²) in [5.74, 6) is -2.68. The lowest BCUT2D eigenvalue weighted by Gasteiger charge is -2.20. The number of carbonyl (C=O) groups excluding carboxylic acids is 2. The molecule has 1 aromatic carbocycles. The van der Waals surface area contributed by atoms with Crippen LogP contribution in [0.3, 0.4) is 0 Å². The van der Waals surface area contributed by atoms with E-state index >= 15 is 0 Å². The van der Waals surface area contributed by atoms with Crippen molar-refractivity contribution in [3.8, 4) is 0 Å². The molecule has 0 saturated carbocycles. The largest absolute Gasteiger partial charge is 0.465 e. The van der Waals surface area contributed by atoms with E-state index in [9.17, 15) is 22.4 Å². The van der Waals surface area contributed by atoms with Gasteiger partial charge in [-0.15, -0.1) is 0 Å². The van der Waals surface area contributed by atoms with Crippen molar-refractivity contribution in [2.24, 2.45) is 11.1 Å². The minimum Gasteiger partial charge on any atom is -0.465 e. The van der Waals surface area contributed by atoms with Gasteiger partial charge in [-0.1, -0.05) is 0 Å². The first kappa shape index (κ1) is 17.8. The summed E-state index contributed by atoms with van der Waals surface area (Å²) in [6.07, 6.45) is -0.0469. The van der Waals surface area contributed by atoms with Gasteiger partial charge in [-0.25, -0.2) is 22.7 Å². The van der Waals surface area contributed by atoms with Gasteiger partial charge in [0, 0.05) is 18.9 Å².